The molecule has 1 N–H and O–H groups in total. The van der Waals surface area contributed by atoms with E-state index in [0.717, 1.165) is 11.2 Å². The molecule has 0 fully saturated rings. The molecule has 3 heterocycles. The highest BCUT2D eigenvalue weighted by Gasteiger charge is 2.40. The molecule has 1 aliphatic rings. The highest BCUT2D eigenvalue weighted by atomic mass is 35.5. The fraction of sp³-hybridized carbons (Fsp3) is 0.176. The maximum Gasteiger partial charge on any atom is 0.225 e. The van der Waals surface area contributed by atoms with Crippen molar-refractivity contribution in [2.24, 2.45) is 0 Å². The molecule has 240 valence electrons. The summed E-state index contributed by atoms with van der Waals surface area (Å²) in [6.07, 6.45) is 7.03. The van der Waals surface area contributed by atoms with Gasteiger partial charge in [0.25, 0.3) is 0 Å². The van der Waals surface area contributed by atoms with Crippen LogP contribution in [-0.4, -0.2) is 46.9 Å². The van der Waals surface area contributed by atoms with E-state index in [1.54, 1.807) is 59.6 Å². The van der Waals surface area contributed by atoms with E-state index in [9.17, 15) is 12.8 Å². The second-order valence-corrected chi connectivity index (χ2v) is 12.0. The van der Waals surface area contributed by atoms with Gasteiger partial charge in [0.2, 0.25) is 10.3 Å². The lowest BCUT2D eigenvalue weighted by Crippen LogP contribution is -2.41. The smallest absolute Gasteiger partial charge is 0.225 e. The Morgan fingerprint density at radius 2 is 1.94 bits per heavy atom. The number of hydrogen-bond donors (Lipinski definition) is 1. The van der Waals surface area contributed by atoms with Gasteiger partial charge in [-0.1, -0.05) is 29.8 Å². The molecule has 0 saturated heterocycles. The number of rotatable bonds is 12. The Balaban J connectivity index is 1.27. The minimum atomic E-state index is -2.50. The molecule has 0 saturated carbocycles. The molecule has 47 heavy (non-hydrogen) atoms. The lowest BCUT2D eigenvalue weighted by Gasteiger charge is -2.33. The number of aromatic nitrogens is 3. The van der Waals surface area contributed by atoms with Gasteiger partial charge in [0.15, 0.2) is 5.60 Å². The van der Waals surface area contributed by atoms with Gasteiger partial charge >= 0.3 is 0 Å². The number of fused-ring (bicyclic) bond motifs is 1. The second kappa shape index (κ2) is 14.2. The molecule has 9 nitrogen and oxygen atoms in total. The summed E-state index contributed by atoms with van der Waals surface area (Å²) in [5.41, 5.74) is 2.46. The number of hydrogen-bond acceptors (Lipinski definition) is 8. The van der Waals surface area contributed by atoms with Crippen LogP contribution in [0.3, 0.4) is 0 Å². The normalized spacial score (nSPS) is 15.5. The zero-order valence-corrected chi connectivity index (χ0v) is 26.4. The van der Waals surface area contributed by atoms with E-state index in [0.29, 0.717) is 58.1 Å². The van der Waals surface area contributed by atoms with Gasteiger partial charge in [-0.25, -0.2) is 18.7 Å². The SMILES string of the molecule is O=S(=O)=CN(CCc1ccccn1)CC1(c2cc3c(Nc4ccc(OCc5cccc(F)c5)c(Cl)c4)ncnc3cc2F)CC=CO1. The second-order valence-electron chi connectivity index (χ2n) is 10.9. The molecular formula is C34H28ClF2N5O4S. The molecule has 0 amide bonds. The monoisotopic (exact) mass is 675 g/mol. The number of nitrogens with zero attached hydrogens (tertiary/aromatic N) is 4. The van der Waals surface area contributed by atoms with E-state index >= 15 is 4.39 Å². The molecule has 0 spiro atoms. The van der Waals surface area contributed by atoms with Crippen molar-refractivity contribution >= 4 is 49.8 Å². The van der Waals surface area contributed by atoms with Crippen LogP contribution in [0.5, 0.6) is 5.75 Å². The minimum Gasteiger partial charge on any atom is -0.489 e. The first-order chi connectivity index (χ1) is 22.8. The van der Waals surface area contributed by atoms with Crippen molar-refractivity contribution < 1.29 is 26.7 Å². The Bertz CT molecular complexity index is 2070. The number of nitrogens with one attached hydrogen (secondary N) is 1. The van der Waals surface area contributed by atoms with Crippen LogP contribution in [0, 0.1) is 11.6 Å². The third-order valence-electron chi connectivity index (χ3n) is 7.61. The number of pyridine rings is 1. The van der Waals surface area contributed by atoms with Crippen LogP contribution in [0.15, 0.2) is 97.7 Å². The molecule has 1 atom stereocenters. The Hall–Kier alpha value is -4.91. The van der Waals surface area contributed by atoms with Crippen molar-refractivity contribution in [2.45, 2.75) is 25.0 Å². The lowest BCUT2D eigenvalue weighted by molar-refractivity contribution is 0.0191. The number of benzene rings is 3. The Kier molecular flexibility index (Phi) is 9.71. The molecular weight excluding hydrogens is 648 g/mol. The van der Waals surface area contributed by atoms with Crippen LogP contribution in [-0.2, 0) is 33.7 Å². The van der Waals surface area contributed by atoms with E-state index in [2.05, 4.69) is 20.3 Å². The van der Waals surface area contributed by atoms with Crippen LogP contribution in [0.4, 0.5) is 20.3 Å². The molecule has 5 aromatic rings. The van der Waals surface area contributed by atoms with E-state index in [1.807, 2.05) is 12.1 Å². The topological polar surface area (TPSA) is 107 Å². The van der Waals surface area contributed by atoms with Crippen molar-refractivity contribution in [2.75, 3.05) is 18.4 Å². The van der Waals surface area contributed by atoms with Crippen molar-refractivity contribution in [1.29, 1.82) is 0 Å². The van der Waals surface area contributed by atoms with Crippen molar-refractivity contribution in [1.82, 2.24) is 19.9 Å². The van der Waals surface area contributed by atoms with Gasteiger partial charge in [-0.05, 0) is 60.2 Å². The summed E-state index contributed by atoms with van der Waals surface area (Å²) in [6, 6.07) is 19.7. The zero-order chi connectivity index (χ0) is 32.8. The fourth-order valence-electron chi connectivity index (χ4n) is 5.39. The van der Waals surface area contributed by atoms with Gasteiger partial charge in [-0.15, -0.1) is 0 Å². The average molecular weight is 676 g/mol. The third-order valence-corrected chi connectivity index (χ3v) is 8.37. The predicted molar refractivity (Wildman–Crippen MR) is 176 cm³/mol. The summed E-state index contributed by atoms with van der Waals surface area (Å²) in [5, 5.41) is 4.06. The first-order valence-electron chi connectivity index (χ1n) is 14.6. The summed E-state index contributed by atoms with van der Waals surface area (Å²) in [5.74, 6) is -0.106. The molecule has 3 aromatic carbocycles. The lowest BCUT2D eigenvalue weighted by atomic mass is 9.89. The van der Waals surface area contributed by atoms with E-state index in [1.165, 1.54) is 30.8 Å². The first-order valence-corrected chi connectivity index (χ1v) is 16.1. The standard InChI is InChI=1S/C34H28ClF2N5O4S/c35-29-16-26(8-9-32(29)45-19-23-5-3-6-24(36)15-23)41-33-27-17-28(30(37)18-31(27)39-21-40-33)34(11-4-14-46-34)20-42(22-47(43)44)13-10-25-7-1-2-12-38-25/h1-9,12,14-18,21-22H,10-11,13,19-20H2,(H,39,40,41). The van der Waals surface area contributed by atoms with E-state index < -0.39 is 21.7 Å². The summed E-state index contributed by atoms with van der Waals surface area (Å²) in [4.78, 5) is 14.6. The van der Waals surface area contributed by atoms with Crippen molar-refractivity contribution in [3.05, 3.63) is 131 Å². The Morgan fingerprint density at radius 1 is 1.04 bits per heavy atom. The molecule has 2 aromatic heterocycles. The van der Waals surface area contributed by atoms with Crippen LogP contribution >= 0.6 is 11.6 Å². The molecule has 0 bridgehead atoms. The summed E-state index contributed by atoms with van der Waals surface area (Å²) >= 11 is 6.51. The highest BCUT2D eigenvalue weighted by molar-refractivity contribution is 7.71. The van der Waals surface area contributed by atoms with Crippen LogP contribution in [0.25, 0.3) is 10.9 Å². The van der Waals surface area contributed by atoms with Crippen LogP contribution in [0.2, 0.25) is 5.02 Å². The Morgan fingerprint density at radius 3 is 2.68 bits per heavy atom. The van der Waals surface area contributed by atoms with Gasteiger partial charge in [-0.3, -0.25) is 9.88 Å². The Labute approximate surface area is 276 Å². The van der Waals surface area contributed by atoms with Gasteiger partial charge in [0.1, 0.15) is 41.6 Å². The quantitative estimate of drug-likeness (QED) is 0.147. The van der Waals surface area contributed by atoms with Gasteiger partial charge in [-0.2, -0.15) is 8.42 Å². The highest BCUT2D eigenvalue weighted by Crippen LogP contribution is 2.40. The fourth-order valence-corrected chi connectivity index (χ4v) is 6.05. The number of halogens is 3. The predicted octanol–water partition coefficient (Wildman–Crippen LogP) is 6.59. The molecule has 6 rings (SSSR count). The molecule has 0 aliphatic carbocycles. The van der Waals surface area contributed by atoms with E-state index in [-0.39, 0.29) is 24.5 Å². The van der Waals surface area contributed by atoms with Crippen LogP contribution in [0.1, 0.15) is 23.2 Å². The third kappa shape index (κ3) is 7.74. The average Bonchev–Trinajstić information content (AvgIpc) is 3.52. The summed E-state index contributed by atoms with van der Waals surface area (Å²) in [7, 11) is -2.50. The molecule has 1 unspecified atom stereocenters. The molecule has 1 aliphatic heterocycles. The van der Waals surface area contributed by atoms with E-state index in [4.69, 9.17) is 21.1 Å². The maximum atomic E-state index is 15.9. The summed E-state index contributed by atoms with van der Waals surface area (Å²) in [6.45, 7) is 0.493. The van der Waals surface area contributed by atoms with Crippen LogP contribution < -0.4 is 10.1 Å². The minimum absolute atomic E-state index is 0.0480. The number of ether oxygens (including phenoxy) is 2. The van der Waals surface area contributed by atoms with Gasteiger partial charge in [0.05, 0.1) is 16.8 Å². The molecule has 0 radical (unpaired) electrons. The number of anilines is 2. The van der Waals surface area contributed by atoms with Crippen molar-refractivity contribution in [3.8, 4) is 5.75 Å². The maximum absolute atomic E-state index is 15.9. The first kappa shape index (κ1) is 32.0. The van der Waals surface area contributed by atoms with Crippen molar-refractivity contribution in [3.63, 3.8) is 0 Å². The zero-order valence-electron chi connectivity index (χ0n) is 24.8. The largest absolute Gasteiger partial charge is 0.489 e. The molecule has 13 heteroatoms. The van der Waals surface area contributed by atoms with Gasteiger partial charge in [0, 0.05) is 60.5 Å². The summed E-state index contributed by atoms with van der Waals surface area (Å²) < 4.78 is 64.7. The van der Waals surface area contributed by atoms with Gasteiger partial charge < -0.3 is 14.8 Å².